The van der Waals surface area contributed by atoms with E-state index in [1.54, 1.807) is 0 Å². The van der Waals surface area contributed by atoms with E-state index in [0.29, 0.717) is 0 Å². The van der Waals surface area contributed by atoms with Crippen molar-refractivity contribution in [1.29, 1.82) is 0 Å². The summed E-state index contributed by atoms with van der Waals surface area (Å²) >= 11 is 6.12. The minimum absolute atomic E-state index is 0.110. The maximum atomic E-state index is 6.12. The highest BCUT2D eigenvalue weighted by atomic mass is 35.5. The van der Waals surface area contributed by atoms with Crippen LogP contribution in [0, 0.1) is 6.92 Å². The van der Waals surface area contributed by atoms with E-state index in [0.717, 1.165) is 29.4 Å². The maximum Gasteiger partial charge on any atom is 0.120 e. The summed E-state index contributed by atoms with van der Waals surface area (Å²) in [7, 11) is 0. The lowest BCUT2D eigenvalue weighted by atomic mass is 10.2. The first-order valence-electron chi connectivity index (χ1n) is 6.82. The number of hydrogen-bond donors (Lipinski definition) is 1. The highest BCUT2D eigenvalue weighted by Gasteiger charge is 2.05. The molecule has 2 rings (SSSR count). The molecule has 3 heteroatoms. The molecule has 1 N–H and O–H groups in total. The predicted molar refractivity (Wildman–Crippen MR) is 84.4 cm³/mol. The predicted octanol–water partition coefficient (Wildman–Crippen LogP) is 4.21. The smallest absolute Gasteiger partial charge is 0.120 e. The molecule has 20 heavy (non-hydrogen) atoms. The molecule has 0 bridgehead atoms. The van der Waals surface area contributed by atoms with Crippen LogP contribution in [0.5, 0.6) is 5.75 Å². The lowest BCUT2D eigenvalue weighted by Gasteiger charge is -2.16. The highest BCUT2D eigenvalue weighted by Crippen LogP contribution is 2.15. The molecule has 0 heterocycles. The Hall–Kier alpha value is -1.51. The summed E-state index contributed by atoms with van der Waals surface area (Å²) in [6, 6.07) is 16.0. The Morgan fingerprint density at radius 1 is 1.15 bits per heavy atom. The van der Waals surface area contributed by atoms with Gasteiger partial charge in [-0.3, -0.25) is 0 Å². The molecule has 2 aromatic rings. The fraction of sp³-hybridized carbons (Fsp3) is 0.294. The van der Waals surface area contributed by atoms with Gasteiger partial charge in [0.15, 0.2) is 0 Å². The average Bonchev–Trinajstić information content (AvgIpc) is 2.41. The Morgan fingerprint density at radius 3 is 2.70 bits per heavy atom. The third-order valence-corrected chi connectivity index (χ3v) is 3.40. The second-order valence-electron chi connectivity index (χ2n) is 4.97. The van der Waals surface area contributed by atoms with Gasteiger partial charge in [-0.25, -0.2) is 0 Å². The van der Waals surface area contributed by atoms with Crippen LogP contribution in [0.25, 0.3) is 0 Å². The van der Waals surface area contributed by atoms with Gasteiger partial charge in [-0.05, 0) is 43.2 Å². The van der Waals surface area contributed by atoms with Crippen molar-refractivity contribution >= 4 is 11.6 Å². The lowest BCUT2D eigenvalue weighted by Crippen LogP contribution is -2.28. The highest BCUT2D eigenvalue weighted by molar-refractivity contribution is 6.31. The normalized spacial score (nSPS) is 12.2. The summed E-state index contributed by atoms with van der Waals surface area (Å²) in [5.74, 6) is 0.914. The third kappa shape index (κ3) is 4.55. The first-order valence-corrected chi connectivity index (χ1v) is 7.20. The molecule has 2 aromatic carbocycles. The van der Waals surface area contributed by atoms with Gasteiger partial charge < -0.3 is 10.1 Å². The standard InChI is InChI=1S/C17H20ClNO/c1-13-6-5-8-16(10-13)20-14(2)11-19-12-15-7-3-4-9-17(15)18/h3-10,14,19H,11-12H2,1-2H3. The summed E-state index contributed by atoms with van der Waals surface area (Å²) in [4.78, 5) is 0. The molecule has 0 aliphatic heterocycles. The molecule has 0 amide bonds. The summed E-state index contributed by atoms with van der Waals surface area (Å²) < 4.78 is 5.87. The van der Waals surface area contributed by atoms with E-state index in [-0.39, 0.29) is 6.10 Å². The van der Waals surface area contributed by atoms with E-state index in [1.165, 1.54) is 5.56 Å². The third-order valence-electron chi connectivity index (χ3n) is 3.03. The van der Waals surface area contributed by atoms with E-state index in [9.17, 15) is 0 Å². The monoisotopic (exact) mass is 289 g/mol. The molecule has 1 unspecified atom stereocenters. The van der Waals surface area contributed by atoms with E-state index >= 15 is 0 Å². The van der Waals surface area contributed by atoms with Crippen molar-refractivity contribution in [3.8, 4) is 5.75 Å². The van der Waals surface area contributed by atoms with Gasteiger partial charge >= 0.3 is 0 Å². The second-order valence-corrected chi connectivity index (χ2v) is 5.37. The zero-order valence-electron chi connectivity index (χ0n) is 11.9. The first kappa shape index (κ1) is 14.9. The molecule has 0 fully saturated rings. The van der Waals surface area contributed by atoms with Crippen LogP contribution in [0.4, 0.5) is 0 Å². The van der Waals surface area contributed by atoms with Gasteiger partial charge in [-0.1, -0.05) is 41.9 Å². The minimum atomic E-state index is 0.110. The van der Waals surface area contributed by atoms with E-state index in [2.05, 4.69) is 25.2 Å². The number of halogens is 1. The van der Waals surface area contributed by atoms with Crippen LogP contribution in [-0.4, -0.2) is 12.6 Å². The first-order chi connectivity index (χ1) is 9.65. The molecule has 0 aromatic heterocycles. The topological polar surface area (TPSA) is 21.3 Å². The van der Waals surface area contributed by atoms with Crippen molar-refractivity contribution in [1.82, 2.24) is 5.32 Å². The van der Waals surface area contributed by atoms with Crippen LogP contribution < -0.4 is 10.1 Å². The summed E-state index contributed by atoms with van der Waals surface area (Å²) in [6.07, 6.45) is 0.110. The Morgan fingerprint density at radius 2 is 1.95 bits per heavy atom. The molecule has 0 aliphatic rings. The van der Waals surface area contributed by atoms with Gasteiger partial charge in [0.1, 0.15) is 11.9 Å². The van der Waals surface area contributed by atoms with Gasteiger partial charge in [0.25, 0.3) is 0 Å². The molecular weight excluding hydrogens is 270 g/mol. The lowest BCUT2D eigenvalue weighted by molar-refractivity contribution is 0.216. The Balaban J connectivity index is 1.78. The summed E-state index contributed by atoms with van der Waals surface area (Å²) in [5.41, 5.74) is 2.32. The van der Waals surface area contributed by atoms with Crippen molar-refractivity contribution in [3.05, 3.63) is 64.7 Å². The molecule has 2 nitrogen and oxygen atoms in total. The van der Waals surface area contributed by atoms with Crippen LogP contribution in [0.2, 0.25) is 5.02 Å². The zero-order valence-corrected chi connectivity index (χ0v) is 12.7. The second kappa shape index (κ2) is 7.32. The zero-order chi connectivity index (χ0) is 14.4. The van der Waals surface area contributed by atoms with Crippen LogP contribution >= 0.6 is 11.6 Å². The maximum absolute atomic E-state index is 6.12. The van der Waals surface area contributed by atoms with Crippen molar-refractivity contribution < 1.29 is 4.74 Å². The van der Waals surface area contributed by atoms with Crippen molar-refractivity contribution in [2.24, 2.45) is 0 Å². The number of aryl methyl sites for hydroxylation is 1. The average molecular weight is 290 g/mol. The van der Waals surface area contributed by atoms with Crippen LogP contribution in [0.3, 0.4) is 0 Å². The fourth-order valence-electron chi connectivity index (χ4n) is 2.01. The van der Waals surface area contributed by atoms with E-state index in [1.807, 2.05) is 42.5 Å². The van der Waals surface area contributed by atoms with Crippen LogP contribution in [0.1, 0.15) is 18.1 Å². The number of nitrogens with one attached hydrogen (secondary N) is 1. The van der Waals surface area contributed by atoms with Crippen molar-refractivity contribution in [2.75, 3.05) is 6.54 Å². The number of hydrogen-bond acceptors (Lipinski definition) is 2. The van der Waals surface area contributed by atoms with E-state index in [4.69, 9.17) is 16.3 Å². The van der Waals surface area contributed by atoms with Crippen molar-refractivity contribution in [2.45, 2.75) is 26.5 Å². The summed E-state index contributed by atoms with van der Waals surface area (Å²) in [6.45, 7) is 5.65. The fourth-order valence-corrected chi connectivity index (χ4v) is 2.22. The van der Waals surface area contributed by atoms with Gasteiger partial charge in [0, 0.05) is 18.1 Å². The van der Waals surface area contributed by atoms with Gasteiger partial charge in [-0.15, -0.1) is 0 Å². The molecule has 0 aliphatic carbocycles. The Labute approximate surface area is 125 Å². The molecular formula is C17H20ClNO. The quantitative estimate of drug-likeness (QED) is 0.860. The number of rotatable bonds is 6. The largest absolute Gasteiger partial charge is 0.489 e. The van der Waals surface area contributed by atoms with Gasteiger partial charge in [-0.2, -0.15) is 0 Å². The van der Waals surface area contributed by atoms with Crippen molar-refractivity contribution in [3.63, 3.8) is 0 Å². The number of benzene rings is 2. The molecule has 0 saturated carbocycles. The molecule has 0 radical (unpaired) electrons. The molecule has 0 spiro atoms. The van der Waals surface area contributed by atoms with E-state index < -0.39 is 0 Å². The van der Waals surface area contributed by atoms with Crippen LogP contribution in [0.15, 0.2) is 48.5 Å². The van der Waals surface area contributed by atoms with Gasteiger partial charge in [0.2, 0.25) is 0 Å². The molecule has 0 saturated heterocycles. The Kier molecular flexibility index (Phi) is 5.45. The Bertz CT molecular complexity index is 556. The van der Waals surface area contributed by atoms with Crippen LogP contribution in [-0.2, 0) is 6.54 Å². The van der Waals surface area contributed by atoms with Gasteiger partial charge in [0.05, 0.1) is 0 Å². The molecule has 106 valence electrons. The SMILES string of the molecule is Cc1cccc(OC(C)CNCc2ccccc2Cl)c1. The number of ether oxygens (including phenoxy) is 1. The molecule has 1 atom stereocenters. The minimum Gasteiger partial charge on any atom is -0.489 e. The summed E-state index contributed by atoms with van der Waals surface area (Å²) in [5, 5.41) is 4.17.